The Balaban J connectivity index is 1.37. The molecular formula is C24H23F3N6O3S. The molecule has 2 aromatic carbocycles. The maximum absolute atomic E-state index is 13.4. The van der Waals surface area contributed by atoms with Crippen molar-refractivity contribution < 1.29 is 21.6 Å². The van der Waals surface area contributed by atoms with Crippen molar-refractivity contribution in [3.05, 3.63) is 81.4 Å². The molecule has 194 valence electrons. The third kappa shape index (κ3) is 4.88. The Morgan fingerprint density at radius 2 is 1.73 bits per heavy atom. The van der Waals surface area contributed by atoms with Crippen molar-refractivity contribution in [2.24, 2.45) is 0 Å². The predicted molar refractivity (Wildman–Crippen MR) is 128 cm³/mol. The van der Waals surface area contributed by atoms with Gasteiger partial charge in [0.25, 0.3) is 5.56 Å². The molecule has 4 aromatic rings. The molecule has 1 aliphatic heterocycles. The third-order valence-corrected chi connectivity index (χ3v) is 8.45. The van der Waals surface area contributed by atoms with E-state index >= 15 is 0 Å². The fourth-order valence-electron chi connectivity index (χ4n) is 4.48. The summed E-state index contributed by atoms with van der Waals surface area (Å²) in [6, 6.07) is 12.0. The molecule has 5 rings (SSSR count). The average Bonchev–Trinajstić information content (AvgIpc) is 3.28. The van der Waals surface area contributed by atoms with Crippen LogP contribution in [0.3, 0.4) is 0 Å². The lowest BCUT2D eigenvalue weighted by Crippen LogP contribution is -2.39. The van der Waals surface area contributed by atoms with E-state index in [2.05, 4.69) is 20.3 Å². The van der Waals surface area contributed by atoms with E-state index in [1.807, 2.05) is 31.2 Å². The number of piperidine rings is 1. The van der Waals surface area contributed by atoms with Gasteiger partial charge in [-0.25, -0.2) is 18.1 Å². The zero-order chi connectivity index (χ0) is 26.4. The lowest BCUT2D eigenvalue weighted by molar-refractivity contribution is -0.139. The highest BCUT2D eigenvalue weighted by atomic mass is 32.2. The molecule has 1 N–H and O–H groups in total. The molecule has 2 aromatic heterocycles. The lowest BCUT2D eigenvalue weighted by atomic mass is 9.97. The molecule has 0 radical (unpaired) electrons. The Morgan fingerprint density at radius 1 is 1.05 bits per heavy atom. The number of aromatic nitrogens is 5. The van der Waals surface area contributed by atoms with E-state index in [1.165, 1.54) is 10.7 Å². The number of alkyl halides is 3. The largest absolute Gasteiger partial charge is 0.417 e. The van der Waals surface area contributed by atoms with Gasteiger partial charge in [-0.15, -0.1) is 5.10 Å². The van der Waals surface area contributed by atoms with Crippen molar-refractivity contribution in [3.8, 4) is 0 Å². The fourth-order valence-corrected chi connectivity index (χ4v) is 6.17. The van der Waals surface area contributed by atoms with Crippen molar-refractivity contribution in [1.82, 2.24) is 29.3 Å². The zero-order valence-corrected chi connectivity index (χ0v) is 20.6. The standard InChI is InChI=1S/C24H23F3N6O3S/c1-15-6-8-16(9-7-15)14-33-22-20(30-31-33)23(34)29-21(28-22)17-10-12-32(13-11-17)37(35,36)19-5-3-2-4-18(19)24(25,26)27/h2-9,17H,10-14H2,1H3,(H,28,29,34). The number of aromatic amines is 1. The van der Waals surface area contributed by atoms with Crippen molar-refractivity contribution >= 4 is 21.2 Å². The fraction of sp³-hybridized carbons (Fsp3) is 0.333. The third-order valence-electron chi connectivity index (χ3n) is 6.50. The molecular weight excluding hydrogens is 509 g/mol. The minimum Gasteiger partial charge on any atom is -0.308 e. The number of benzene rings is 2. The summed E-state index contributed by atoms with van der Waals surface area (Å²) in [5.41, 5.74) is 0.832. The monoisotopic (exact) mass is 532 g/mol. The van der Waals surface area contributed by atoms with Crippen molar-refractivity contribution in [2.45, 2.75) is 43.3 Å². The second-order valence-corrected chi connectivity index (χ2v) is 10.9. The number of hydrogen-bond donors (Lipinski definition) is 1. The molecule has 0 unspecified atom stereocenters. The number of nitrogens with zero attached hydrogens (tertiary/aromatic N) is 5. The van der Waals surface area contributed by atoms with Gasteiger partial charge >= 0.3 is 6.18 Å². The van der Waals surface area contributed by atoms with E-state index in [-0.39, 0.29) is 37.4 Å². The first-order chi connectivity index (χ1) is 17.5. The first kappa shape index (κ1) is 25.1. The van der Waals surface area contributed by atoms with Gasteiger partial charge in [0.15, 0.2) is 11.2 Å². The highest BCUT2D eigenvalue weighted by Crippen LogP contribution is 2.36. The zero-order valence-electron chi connectivity index (χ0n) is 19.7. The van der Waals surface area contributed by atoms with Gasteiger partial charge in [-0.1, -0.05) is 47.2 Å². The van der Waals surface area contributed by atoms with Gasteiger partial charge in [0.05, 0.1) is 17.0 Å². The molecule has 37 heavy (non-hydrogen) atoms. The summed E-state index contributed by atoms with van der Waals surface area (Å²) >= 11 is 0. The van der Waals surface area contributed by atoms with Crippen LogP contribution in [0.25, 0.3) is 11.2 Å². The minimum atomic E-state index is -4.80. The van der Waals surface area contributed by atoms with Crippen LogP contribution >= 0.6 is 0 Å². The summed E-state index contributed by atoms with van der Waals surface area (Å²) < 4.78 is 69.0. The van der Waals surface area contributed by atoms with Crippen molar-refractivity contribution in [3.63, 3.8) is 0 Å². The molecule has 1 aliphatic rings. The van der Waals surface area contributed by atoms with Crippen molar-refractivity contribution in [2.75, 3.05) is 13.1 Å². The van der Waals surface area contributed by atoms with E-state index in [0.717, 1.165) is 33.6 Å². The summed E-state index contributed by atoms with van der Waals surface area (Å²) in [7, 11) is -4.36. The lowest BCUT2D eigenvalue weighted by Gasteiger charge is -2.31. The molecule has 1 fully saturated rings. The molecule has 0 spiro atoms. The maximum atomic E-state index is 13.4. The van der Waals surface area contributed by atoms with E-state index in [1.54, 1.807) is 0 Å². The van der Waals surface area contributed by atoms with E-state index < -0.39 is 32.2 Å². The molecule has 1 saturated heterocycles. The number of aryl methyl sites for hydroxylation is 1. The number of nitrogens with one attached hydrogen (secondary N) is 1. The molecule has 3 heterocycles. The van der Waals surface area contributed by atoms with Crippen LogP contribution in [0.1, 0.15) is 41.3 Å². The van der Waals surface area contributed by atoms with Crippen LogP contribution in [-0.2, 0) is 22.7 Å². The number of hydrogen-bond acceptors (Lipinski definition) is 6. The number of H-pyrrole nitrogens is 1. The van der Waals surface area contributed by atoms with Crippen LogP contribution in [0.5, 0.6) is 0 Å². The van der Waals surface area contributed by atoms with Crippen LogP contribution in [0, 0.1) is 6.92 Å². The molecule has 0 saturated carbocycles. The van der Waals surface area contributed by atoms with Crippen LogP contribution in [-0.4, -0.2) is 50.8 Å². The number of rotatable bonds is 5. The minimum absolute atomic E-state index is 0.0121. The summed E-state index contributed by atoms with van der Waals surface area (Å²) in [5.74, 6) is 0.0850. The Morgan fingerprint density at radius 3 is 2.41 bits per heavy atom. The normalized spacial score (nSPS) is 15.9. The van der Waals surface area contributed by atoms with Crippen LogP contribution in [0.4, 0.5) is 13.2 Å². The second kappa shape index (κ2) is 9.38. The van der Waals surface area contributed by atoms with Gasteiger partial charge in [0.1, 0.15) is 5.82 Å². The van der Waals surface area contributed by atoms with Gasteiger partial charge in [0.2, 0.25) is 10.0 Å². The first-order valence-electron chi connectivity index (χ1n) is 11.6. The second-order valence-electron chi connectivity index (χ2n) is 9.03. The molecule has 0 amide bonds. The summed E-state index contributed by atoms with van der Waals surface area (Å²) in [4.78, 5) is 19.2. The molecule has 0 atom stereocenters. The predicted octanol–water partition coefficient (Wildman–Crippen LogP) is 3.46. The van der Waals surface area contributed by atoms with Gasteiger partial charge in [-0.3, -0.25) is 4.79 Å². The average molecular weight is 533 g/mol. The number of halogens is 3. The number of sulfonamides is 1. The number of fused-ring (bicyclic) bond motifs is 1. The van der Waals surface area contributed by atoms with E-state index in [0.29, 0.717) is 18.0 Å². The quantitative estimate of drug-likeness (QED) is 0.421. The van der Waals surface area contributed by atoms with Gasteiger partial charge in [-0.2, -0.15) is 17.5 Å². The van der Waals surface area contributed by atoms with Gasteiger partial charge < -0.3 is 4.98 Å². The van der Waals surface area contributed by atoms with Gasteiger partial charge in [-0.05, 0) is 37.5 Å². The molecule has 9 nitrogen and oxygen atoms in total. The summed E-state index contributed by atoms with van der Waals surface area (Å²) in [6.45, 7) is 2.32. The van der Waals surface area contributed by atoms with E-state index in [4.69, 9.17) is 0 Å². The molecule has 13 heteroatoms. The summed E-state index contributed by atoms with van der Waals surface area (Å²) in [5, 5.41) is 8.02. The Kier molecular flexibility index (Phi) is 6.36. The van der Waals surface area contributed by atoms with Crippen LogP contribution in [0.2, 0.25) is 0 Å². The Hall–Kier alpha value is -3.58. The van der Waals surface area contributed by atoms with E-state index in [9.17, 15) is 26.4 Å². The summed E-state index contributed by atoms with van der Waals surface area (Å²) in [6.07, 6.45) is -4.24. The maximum Gasteiger partial charge on any atom is 0.417 e. The topological polar surface area (TPSA) is 114 Å². The van der Waals surface area contributed by atoms with Crippen molar-refractivity contribution in [1.29, 1.82) is 0 Å². The Bertz CT molecular complexity index is 1610. The SMILES string of the molecule is Cc1ccc(Cn2nnc3c(=O)[nH]c(C4CCN(S(=O)(=O)c5ccccc5C(F)(F)F)CC4)nc32)cc1. The molecule has 0 bridgehead atoms. The first-order valence-corrected chi connectivity index (χ1v) is 13.0. The van der Waals surface area contributed by atoms with Gasteiger partial charge in [0, 0.05) is 19.0 Å². The van der Waals surface area contributed by atoms with Crippen LogP contribution in [0.15, 0.2) is 58.2 Å². The molecule has 0 aliphatic carbocycles. The Labute approximate surface area is 210 Å². The van der Waals surface area contributed by atoms with Crippen LogP contribution < -0.4 is 5.56 Å². The highest BCUT2D eigenvalue weighted by Gasteiger charge is 2.40. The highest BCUT2D eigenvalue weighted by molar-refractivity contribution is 7.89. The smallest absolute Gasteiger partial charge is 0.308 e.